The van der Waals surface area contributed by atoms with E-state index in [0.29, 0.717) is 25.2 Å². The Hall–Kier alpha value is -2.77. The van der Waals surface area contributed by atoms with Crippen molar-refractivity contribution in [3.8, 4) is 0 Å². The third-order valence-electron chi connectivity index (χ3n) is 4.67. The Morgan fingerprint density at radius 3 is 2.04 bits per heavy atom. The number of para-hydroxylation sites is 1. The molecule has 2 aromatic carbocycles. The molecule has 0 aromatic heterocycles. The zero-order valence-corrected chi connectivity index (χ0v) is 15.7. The molecule has 6 nitrogen and oxygen atoms in total. The second-order valence-corrected chi connectivity index (χ2v) is 6.84. The highest BCUT2D eigenvalue weighted by molar-refractivity contribution is 5.92. The van der Waals surface area contributed by atoms with Gasteiger partial charge >= 0.3 is 0 Å². The summed E-state index contributed by atoms with van der Waals surface area (Å²) in [5.74, 6) is -0.429. The van der Waals surface area contributed by atoms with Gasteiger partial charge in [0, 0.05) is 50.5 Å². The molecule has 0 unspecified atom stereocenters. The summed E-state index contributed by atoms with van der Waals surface area (Å²) in [4.78, 5) is 28.5. The molecule has 0 atom stereocenters. The zero-order chi connectivity index (χ0) is 19.8. The smallest absolute Gasteiger partial charge is 0.238 e. The number of hydrogen-bond acceptors (Lipinski definition) is 4. The van der Waals surface area contributed by atoms with Gasteiger partial charge in [-0.25, -0.2) is 4.39 Å². The normalized spacial score (nSPS) is 15.2. The monoisotopic (exact) mass is 384 g/mol. The van der Waals surface area contributed by atoms with Crippen molar-refractivity contribution < 1.29 is 14.0 Å². The third-order valence-corrected chi connectivity index (χ3v) is 4.67. The lowest BCUT2D eigenvalue weighted by Gasteiger charge is -2.34. The van der Waals surface area contributed by atoms with E-state index >= 15 is 0 Å². The number of halogens is 1. The molecule has 2 N–H and O–H groups in total. The second-order valence-electron chi connectivity index (χ2n) is 6.84. The first-order valence-corrected chi connectivity index (χ1v) is 9.43. The van der Waals surface area contributed by atoms with Gasteiger partial charge in [-0.2, -0.15) is 0 Å². The maximum Gasteiger partial charge on any atom is 0.238 e. The van der Waals surface area contributed by atoms with Crippen LogP contribution in [-0.4, -0.2) is 60.9 Å². The predicted molar refractivity (Wildman–Crippen MR) is 108 cm³/mol. The van der Waals surface area contributed by atoms with E-state index in [2.05, 4.69) is 20.4 Å². The van der Waals surface area contributed by atoms with Crippen molar-refractivity contribution in [2.75, 3.05) is 49.9 Å². The lowest BCUT2D eigenvalue weighted by Crippen LogP contribution is -2.49. The van der Waals surface area contributed by atoms with E-state index in [1.807, 2.05) is 30.3 Å². The fourth-order valence-electron chi connectivity index (χ4n) is 3.11. The highest BCUT2D eigenvalue weighted by Crippen LogP contribution is 2.09. The summed E-state index contributed by atoms with van der Waals surface area (Å²) in [6.45, 7) is 4.20. The number of rotatable bonds is 7. The molecule has 1 aliphatic heterocycles. The van der Waals surface area contributed by atoms with E-state index in [-0.39, 0.29) is 17.6 Å². The Morgan fingerprint density at radius 2 is 1.36 bits per heavy atom. The Morgan fingerprint density at radius 1 is 0.786 bits per heavy atom. The molecule has 28 heavy (non-hydrogen) atoms. The fraction of sp³-hybridized carbons (Fsp3) is 0.333. The predicted octanol–water partition coefficient (Wildman–Crippen LogP) is 2.41. The van der Waals surface area contributed by atoms with Crippen molar-refractivity contribution in [2.24, 2.45) is 0 Å². The average Bonchev–Trinajstić information content (AvgIpc) is 2.70. The van der Waals surface area contributed by atoms with Crippen molar-refractivity contribution >= 4 is 23.2 Å². The van der Waals surface area contributed by atoms with Gasteiger partial charge < -0.3 is 15.5 Å². The van der Waals surface area contributed by atoms with Crippen LogP contribution in [0.1, 0.15) is 6.42 Å². The highest BCUT2D eigenvalue weighted by atomic mass is 19.1. The van der Waals surface area contributed by atoms with E-state index in [0.717, 1.165) is 31.9 Å². The molecular formula is C21H25FN4O2. The average molecular weight is 384 g/mol. The number of hydrogen-bond donors (Lipinski definition) is 2. The van der Waals surface area contributed by atoms with Crippen molar-refractivity contribution in [1.29, 1.82) is 0 Å². The summed E-state index contributed by atoms with van der Waals surface area (Å²) in [5, 5.41) is 5.67. The number of nitrogens with zero attached hydrogens (tertiary/aromatic N) is 2. The van der Waals surface area contributed by atoms with Gasteiger partial charge in [0.1, 0.15) is 5.82 Å². The van der Waals surface area contributed by atoms with Crippen LogP contribution in [0.3, 0.4) is 0 Å². The van der Waals surface area contributed by atoms with E-state index in [1.165, 1.54) is 12.1 Å². The van der Waals surface area contributed by atoms with Gasteiger partial charge in [-0.05, 0) is 36.4 Å². The van der Waals surface area contributed by atoms with Crippen LogP contribution >= 0.6 is 0 Å². The van der Waals surface area contributed by atoms with E-state index in [4.69, 9.17) is 0 Å². The van der Waals surface area contributed by atoms with Crippen LogP contribution in [0.15, 0.2) is 54.6 Å². The first-order valence-electron chi connectivity index (χ1n) is 9.43. The number of amides is 2. The number of carbonyl (C=O) groups excluding carboxylic acids is 2. The largest absolute Gasteiger partial charge is 0.326 e. The summed E-state index contributed by atoms with van der Waals surface area (Å²) in [6, 6.07) is 15.2. The quantitative estimate of drug-likeness (QED) is 0.770. The Bertz CT molecular complexity index is 775. The molecule has 148 valence electrons. The highest BCUT2D eigenvalue weighted by Gasteiger charge is 2.19. The molecule has 2 amide bonds. The molecule has 7 heteroatoms. The second kappa shape index (κ2) is 9.96. The summed E-state index contributed by atoms with van der Waals surface area (Å²) in [6.07, 6.45) is 0.444. The lowest BCUT2D eigenvalue weighted by molar-refractivity contribution is -0.117. The molecule has 1 heterocycles. The van der Waals surface area contributed by atoms with Crippen molar-refractivity contribution in [1.82, 2.24) is 9.80 Å². The molecule has 1 saturated heterocycles. The minimum Gasteiger partial charge on any atom is -0.326 e. The molecule has 1 aliphatic rings. The van der Waals surface area contributed by atoms with Crippen molar-refractivity contribution in [3.05, 3.63) is 60.4 Å². The number of anilines is 2. The van der Waals surface area contributed by atoms with Gasteiger partial charge in [-0.3, -0.25) is 14.5 Å². The summed E-state index contributed by atoms with van der Waals surface area (Å²) < 4.78 is 12.9. The molecule has 0 bridgehead atoms. The molecular weight excluding hydrogens is 359 g/mol. The van der Waals surface area contributed by atoms with E-state index in [9.17, 15) is 14.0 Å². The Labute approximate surface area is 164 Å². The lowest BCUT2D eigenvalue weighted by atomic mass is 10.2. The molecule has 1 fully saturated rings. The zero-order valence-electron chi connectivity index (χ0n) is 15.7. The van der Waals surface area contributed by atoms with E-state index < -0.39 is 0 Å². The van der Waals surface area contributed by atoms with Gasteiger partial charge in [0.15, 0.2) is 0 Å². The van der Waals surface area contributed by atoms with Gasteiger partial charge in [0.25, 0.3) is 0 Å². The Balaban J connectivity index is 1.33. The first-order chi connectivity index (χ1) is 13.6. The molecule has 0 radical (unpaired) electrons. The minimum atomic E-state index is -0.327. The van der Waals surface area contributed by atoms with Gasteiger partial charge in [-0.1, -0.05) is 18.2 Å². The fourth-order valence-corrected chi connectivity index (χ4v) is 3.11. The van der Waals surface area contributed by atoms with Crippen molar-refractivity contribution in [3.63, 3.8) is 0 Å². The summed E-state index contributed by atoms with van der Waals surface area (Å²) in [7, 11) is 0. The van der Waals surface area contributed by atoms with Crippen LogP contribution in [-0.2, 0) is 9.59 Å². The van der Waals surface area contributed by atoms with Crippen LogP contribution in [0.5, 0.6) is 0 Å². The number of benzene rings is 2. The summed E-state index contributed by atoms with van der Waals surface area (Å²) >= 11 is 0. The number of carbonyl (C=O) groups is 2. The van der Waals surface area contributed by atoms with Gasteiger partial charge in [0.2, 0.25) is 11.8 Å². The summed E-state index contributed by atoms with van der Waals surface area (Å²) in [5.41, 5.74) is 1.40. The standard InChI is InChI=1S/C21H25FN4O2/c22-17-6-8-19(9-7-17)24-21(28)16-26-14-12-25(13-15-26)11-10-20(27)23-18-4-2-1-3-5-18/h1-9H,10-16H2,(H,23,27)(H,24,28). The van der Waals surface area contributed by atoms with Gasteiger partial charge in [0.05, 0.1) is 6.54 Å². The van der Waals surface area contributed by atoms with Crippen LogP contribution in [0.4, 0.5) is 15.8 Å². The molecule has 2 aromatic rings. The number of nitrogens with one attached hydrogen (secondary N) is 2. The van der Waals surface area contributed by atoms with Crippen LogP contribution in [0.25, 0.3) is 0 Å². The molecule has 0 aliphatic carbocycles. The SMILES string of the molecule is O=C(CCN1CCN(CC(=O)Nc2ccc(F)cc2)CC1)Nc1ccccc1. The van der Waals surface area contributed by atoms with Gasteiger partial charge in [-0.15, -0.1) is 0 Å². The maximum absolute atomic E-state index is 12.9. The molecule has 0 spiro atoms. The third kappa shape index (κ3) is 6.44. The molecule has 3 rings (SSSR count). The topological polar surface area (TPSA) is 64.7 Å². The first kappa shape index (κ1) is 20.0. The van der Waals surface area contributed by atoms with E-state index in [1.54, 1.807) is 12.1 Å². The number of piperazine rings is 1. The van der Waals surface area contributed by atoms with Crippen LogP contribution in [0, 0.1) is 5.82 Å². The van der Waals surface area contributed by atoms with Crippen LogP contribution in [0.2, 0.25) is 0 Å². The molecule has 0 saturated carbocycles. The minimum absolute atomic E-state index is 0.00676. The van der Waals surface area contributed by atoms with Crippen LogP contribution < -0.4 is 10.6 Å². The maximum atomic E-state index is 12.9. The Kier molecular flexibility index (Phi) is 7.11. The van der Waals surface area contributed by atoms with Crippen molar-refractivity contribution in [2.45, 2.75) is 6.42 Å².